The van der Waals surface area contributed by atoms with E-state index in [9.17, 15) is 0 Å². The second-order valence-corrected chi connectivity index (χ2v) is 3.67. The molecule has 1 heterocycles. The van der Waals surface area contributed by atoms with Gasteiger partial charge in [-0.2, -0.15) is 0 Å². The van der Waals surface area contributed by atoms with Crippen LogP contribution < -0.4 is 5.73 Å². The predicted molar refractivity (Wildman–Crippen MR) is 64.6 cm³/mol. The molecule has 0 radical (unpaired) electrons. The Morgan fingerprint density at radius 2 is 2.13 bits per heavy atom. The lowest BCUT2D eigenvalue weighted by molar-refractivity contribution is 1.25. The van der Waals surface area contributed by atoms with Crippen molar-refractivity contribution in [2.24, 2.45) is 5.73 Å². The van der Waals surface area contributed by atoms with Gasteiger partial charge in [-0.15, -0.1) is 0 Å². The van der Waals surface area contributed by atoms with Gasteiger partial charge >= 0.3 is 0 Å². The van der Waals surface area contributed by atoms with Crippen molar-refractivity contribution in [2.45, 2.75) is 6.92 Å². The fraction of sp³-hybridized carbons (Fsp3) is 0.154. The molecule has 0 saturated carbocycles. The highest BCUT2D eigenvalue weighted by atomic mass is 14.7. The SMILES string of the molecule is C=C(CN)c1ccc2nc(C)ccc2c1. The molecular weight excluding hydrogens is 184 g/mol. The molecule has 0 unspecified atom stereocenters. The van der Waals surface area contributed by atoms with Gasteiger partial charge in [0, 0.05) is 17.6 Å². The fourth-order valence-corrected chi connectivity index (χ4v) is 1.57. The molecule has 2 nitrogen and oxygen atoms in total. The lowest BCUT2D eigenvalue weighted by Crippen LogP contribution is -2.00. The molecule has 0 fully saturated rings. The summed E-state index contributed by atoms with van der Waals surface area (Å²) in [7, 11) is 0. The second-order valence-electron chi connectivity index (χ2n) is 3.67. The van der Waals surface area contributed by atoms with Crippen LogP contribution in [0.5, 0.6) is 0 Å². The van der Waals surface area contributed by atoms with Crippen LogP contribution in [0.4, 0.5) is 0 Å². The molecule has 2 aromatic rings. The van der Waals surface area contributed by atoms with E-state index in [-0.39, 0.29) is 0 Å². The summed E-state index contributed by atoms with van der Waals surface area (Å²) in [5.74, 6) is 0. The van der Waals surface area contributed by atoms with Crippen LogP contribution in [0, 0.1) is 6.92 Å². The summed E-state index contributed by atoms with van der Waals surface area (Å²) in [5.41, 5.74) is 9.66. The van der Waals surface area contributed by atoms with Crippen molar-refractivity contribution in [3.63, 3.8) is 0 Å². The lowest BCUT2D eigenvalue weighted by atomic mass is 10.0. The van der Waals surface area contributed by atoms with Gasteiger partial charge < -0.3 is 5.73 Å². The molecule has 1 aromatic heterocycles. The molecule has 2 rings (SSSR count). The Kier molecular flexibility index (Phi) is 2.52. The van der Waals surface area contributed by atoms with E-state index in [0.29, 0.717) is 6.54 Å². The van der Waals surface area contributed by atoms with Gasteiger partial charge in [0.2, 0.25) is 0 Å². The van der Waals surface area contributed by atoms with Crippen LogP contribution in [0.2, 0.25) is 0 Å². The maximum absolute atomic E-state index is 5.56. The van der Waals surface area contributed by atoms with Gasteiger partial charge in [0.1, 0.15) is 0 Å². The first-order chi connectivity index (χ1) is 7.20. The molecule has 0 aliphatic carbocycles. The van der Waals surface area contributed by atoms with Crippen molar-refractivity contribution >= 4 is 16.5 Å². The summed E-state index contributed by atoms with van der Waals surface area (Å²) >= 11 is 0. The lowest BCUT2D eigenvalue weighted by Gasteiger charge is -2.04. The van der Waals surface area contributed by atoms with Crippen molar-refractivity contribution < 1.29 is 0 Å². The fourth-order valence-electron chi connectivity index (χ4n) is 1.57. The molecule has 0 amide bonds. The second kappa shape index (κ2) is 3.83. The van der Waals surface area contributed by atoms with Crippen LogP contribution >= 0.6 is 0 Å². The molecule has 0 aliphatic heterocycles. The number of pyridine rings is 1. The Labute approximate surface area is 89.4 Å². The number of nitrogens with two attached hydrogens (primary N) is 1. The number of aryl methyl sites for hydroxylation is 1. The molecule has 2 heteroatoms. The standard InChI is InChI=1S/C13H14N2/c1-9(8-14)11-5-6-13-12(7-11)4-3-10(2)15-13/h3-7H,1,8,14H2,2H3. The van der Waals surface area contributed by atoms with Gasteiger partial charge in [0.15, 0.2) is 0 Å². The molecule has 0 aliphatic rings. The van der Waals surface area contributed by atoms with E-state index in [1.807, 2.05) is 25.1 Å². The summed E-state index contributed by atoms with van der Waals surface area (Å²) < 4.78 is 0. The predicted octanol–water partition coefficient (Wildman–Crippen LogP) is 2.52. The number of benzene rings is 1. The number of nitrogens with zero attached hydrogens (tertiary/aromatic N) is 1. The molecule has 0 atom stereocenters. The Bertz CT molecular complexity index is 515. The summed E-state index contributed by atoms with van der Waals surface area (Å²) in [4.78, 5) is 4.44. The number of hydrogen-bond donors (Lipinski definition) is 1. The van der Waals surface area contributed by atoms with Crippen molar-refractivity contribution in [3.05, 3.63) is 48.2 Å². The first-order valence-electron chi connectivity index (χ1n) is 4.96. The number of hydrogen-bond acceptors (Lipinski definition) is 2. The zero-order chi connectivity index (χ0) is 10.8. The van der Waals surface area contributed by atoms with Crippen molar-refractivity contribution in [2.75, 3.05) is 6.54 Å². The van der Waals surface area contributed by atoms with Crippen LogP contribution in [-0.4, -0.2) is 11.5 Å². The zero-order valence-corrected chi connectivity index (χ0v) is 8.83. The van der Waals surface area contributed by atoms with Crippen LogP contribution in [0.25, 0.3) is 16.5 Å². The molecule has 15 heavy (non-hydrogen) atoms. The van der Waals surface area contributed by atoms with Crippen LogP contribution in [-0.2, 0) is 0 Å². The molecule has 0 bridgehead atoms. The van der Waals surface area contributed by atoms with E-state index >= 15 is 0 Å². The van der Waals surface area contributed by atoms with Crippen molar-refractivity contribution in [1.29, 1.82) is 0 Å². The summed E-state index contributed by atoms with van der Waals surface area (Å²) in [6, 6.07) is 10.2. The van der Waals surface area contributed by atoms with E-state index in [4.69, 9.17) is 5.73 Å². The van der Waals surface area contributed by atoms with Crippen molar-refractivity contribution in [1.82, 2.24) is 4.98 Å². The summed E-state index contributed by atoms with van der Waals surface area (Å²) in [6.07, 6.45) is 0. The van der Waals surface area contributed by atoms with Gasteiger partial charge in [0.25, 0.3) is 0 Å². The quantitative estimate of drug-likeness (QED) is 0.805. The average molecular weight is 198 g/mol. The Balaban J connectivity index is 2.57. The third-order valence-corrected chi connectivity index (χ3v) is 2.48. The van der Waals surface area contributed by atoms with E-state index in [2.05, 4.69) is 23.7 Å². The van der Waals surface area contributed by atoms with Gasteiger partial charge in [-0.25, -0.2) is 0 Å². The maximum Gasteiger partial charge on any atom is 0.0705 e. The molecular formula is C13H14N2. The molecule has 0 saturated heterocycles. The Hall–Kier alpha value is -1.67. The third kappa shape index (κ3) is 1.90. The maximum atomic E-state index is 5.56. The van der Waals surface area contributed by atoms with E-state index in [0.717, 1.165) is 27.7 Å². The van der Waals surface area contributed by atoms with Gasteiger partial charge in [-0.05, 0) is 36.3 Å². The molecule has 1 aromatic carbocycles. The smallest absolute Gasteiger partial charge is 0.0705 e. The van der Waals surface area contributed by atoms with Gasteiger partial charge in [-0.1, -0.05) is 18.7 Å². The summed E-state index contributed by atoms with van der Waals surface area (Å²) in [5, 5.41) is 1.13. The molecule has 0 spiro atoms. The minimum atomic E-state index is 0.491. The molecule has 2 N–H and O–H groups in total. The summed E-state index contributed by atoms with van der Waals surface area (Å²) in [6.45, 7) is 6.41. The van der Waals surface area contributed by atoms with Crippen LogP contribution in [0.3, 0.4) is 0 Å². The highest BCUT2D eigenvalue weighted by Crippen LogP contribution is 2.18. The van der Waals surface area contributed by atoms with E-state index < -0.39 is 0 Å². The first kappa shape index (κ1) is 9.87. The van der Waals surface area contributed by atoms with E-state index in [1.54, 1.807) is 0 Å². The monoisotopic (exact) mass is 198 g/mol. The number of fused-ring (bicyclic) bond motifs is 1. The minimum Gasteiger partial charge on any atom is -0.326 e. The first-order valence-corrected chi connectivity index (χ1v) is 4.96. The minimum absolute atomic E-state index is 0.491. The topological polar surface area (TPSA) is 38.9 Å². The van der Waals surface area contributed by atoms with Gasteiger partial charge in [0.05, 0.1) is 5.52 Å². The number of rotatable bonds is 2. The zero-order valence-electron chi connectivity index (χ0n) is 8.83. The Morgan fingerprint density at radius 3 is 2.87 bits per heavy atom. The highest BCUT2D eigenvalue weighted by Gasteiger charge is 2.00. The van der Waals surface area contributed by atoms with Gasteiger partial charge in [-0.3, -0.25) is 4.98 Å². The largest absolute Gasteiger partial charge is 0.326 e. The number of aromatic nitrogens is 1. The van der Waals surface area contributed by atoms with Crippen molar-refractivity contribution in [3.8, 4) is 0 Å². The third-order valence-electron chi connectivity index (χ3n) is 2.48. The van der Waals surface area contributed by atoms with Crippen LogP contribution in [0.1, 0.15) is 11.3 Å². The van der Waals surface area contributed by atoms with E-state index in [1.165, 1.54) is 0 Å². The average Bonchev–Trinajstić information content (AvgIpc) is 2.27. The Morgan fingerprint density at radius 1 is 1.33 bits per heavy atom. The van der Waals surface area contributed by atoms with Crippen LogP contribution in [0.15, 0.2) is 36.9 Å². The highest BCUT2D eigenvalue weighted by molar-refractivity contribution is 5.83. The molecule has 76 valence electrons. The normalized spacial score (nSPS) is 10.5.